The van der Waals surface area contributed by atoms with Crippen molar-refractivity contribution in [3.05, 3.63) is 70.0 Å². The van der Waals surface area contributed by atoms with Crippen LogP contribution in [0, 0.1) is 11.6 Å². The fourth-order valence-electron chi connectivity index (χ4n) is 3.09. The van der Waals surface area contributed by atoms with Gasteiger partial charge in [-0.1, -0.05) is 18.2 Å². The average Bonchev–Trinajstić information content (AvgIpc) is 3.05. The molecular weight excluding hydrogens is 328 g/mol. The van der Waals surface area contributed by atoms with Crippen LogP contribution < -0.4 is 10.9 Å². The van der Waals surface area contributed by atoms with Crippen LogP contribution in [0.4, 0.5) is 14.7 Å². The SMILES string of the molecule is O=c1[nH]c(NC2CCOC2c2ccc(F)c(F)c2)nc2ccccc12. The van der Waals surface area contributed by atoms with Crippen LogP contribution in [0.25, 0.3) is 10.9 Å². The fourth-order valence-corrected chi connectivity index (χ4v) is 3.09. The summed E-state index contributed by atoms with van der Waals surface area (Å²) in [4.78, 5) is 19.3. The summed E-state index contributed by atoms with van der Waals surface area (Å²) in [5.41, 5.74) is 0.880. The molecular formula is C18H15F2N3O2. The Bertz CT molecular complexity index is 989. The van der Waals surface area contributed by atoms with Crippen molar-refractivity contribution in [2.75, 3.05) is 11.9 Å². The lowest BCUT2D eigenvalue weighted by Crippen LogP contribution is -2.26. The van der Waals surface area contributed by atoms with Gasteiger partial charge in [0.1, 0.15) is 6.10 Å². The maximum atomic E-state index is 13.5. The highest BCUT2D eigenvalue weighted by Crippen LogP contribution is 2.31. The molecule has 2 heterocycles. The first kappa shape index (κ1) is 15.7. The lowest BCUT2D eigenvalue weighted by atomic mass is 10.0. The number of ether oxygens (including phenoxy) is 1. The molecule has 7 heteroatoms. The Morgan fingerprint density at radius 2 is 2.00 bits per heavy atom. The second-order valence-corrected chi connectivity index (χ2v) is 5.94. The zero-order valence-electron chi connectivity index (χ0n) is 13.1. The first-order valence-electron chi connectivity index (χ1n) is 7.94. The number of H-pyrrole nitrogens is 1. The molecule has 0 aliphatic carbocycles. The number of anilines is 1. The molecule has 5 nitrogen and oxygen atoms in total. The Balaban J connectivity index is 1.63. The molecule has 1 aromatic heterocycles. The van der Waals surface area contributed by atoms with E-state index in [1.54, 1.807) is 24.3 Å². The van der Waals surface area contributed by atoms with Gasteiger partial charge in [-0.15, -0.1) is 0 Å². The van der Waals surface area contributed by atoms with Crippen molar-refractivity contribution < 1.29 is 13.5 Å². The van der Waals surface area contributed by atoms with E-state index in [1.165, 1.54) is 6.07 Å². The van der Waals surface area contributed by atoms with Crippen LogP contribution in [0.15, 0.2) is 47.3 Å². The van der Waals surface area contributed by atoms with Crippen LogP contribution in [0.2, 0.25) is 0 Å². The van der Waals surface area contributed by atoms with Crippen molar-refractivity contribution in [2.45, 2.75) is 18.6 Å². The number of hydrogen-bond acceptors (Lipinski definition) is 4. The van der Waals surface area contributed by atoms with Crippen LogP contribution in [0.1, 0.15) is 18.1 Å². The molecule has 2 atom stereocenters. The van der Waals surface area contributed by atoms with Crippen LogP contribution in [-0.4, -0.2) is 22.6 Å². The molecule has 1 aliphatic heterocycles. The molecule has 2 unspecified atom stereocenters. The smallest absolute Gasteiger partial charge is 0.260 e. The molecule has 1 fully saturated rings. The quantitative estimate of drug-likeness (QED) is 0.767. The van der Waals surface area contributed by atoms with Crippen LogP contribution in [0.5, 0.6) is 0 Å². The van der Waals surface area contributed by atoms with E-state index in [0.717, 1.165) is 12.1 Å². The van der Waals surface area contributed by atoms with Crippen molar-refractivity contribution in [1.82, 2.24) is 9.97 Å². The van der Waals surface area contributed by atoms with E-state index in [0.29, 0.717) is 35.4 Å². The summed E-state index contributed by atoms with van der Waals surface area (Å²) in [6, 6.07) is 10.5. The molecule has 0 bridgehead atoms. The number of hydrogen-bond donors (Lipinski definition) is 2. The van der Waals surface area contributed by atoms with E-state index in [1.807, 2.05) is 0 Å². The molecule has 2 aromatic carbocycles. The molecule has 3 aromatic rings. The summed E-state index contributed by atoms with van der Waals surface area (Å²) in [5.74, 6) is -1.48. The van der Waals surface area contributed by atoms with Gasteiger partial charge in [-0.2, -0.15) is 0 Å². The molecule has 128 valence electrons. The summed E-state index contributed by atoms with van der Waals surface area (Å²) < 4.78 is 32.3. The van der Waals surface area contributed by atoms with Crippen LogP contribution in [0.3, 0.4) is 0 Å². The molecule has 1 aliphatic rings. The molecule has 0 saturated carbocycles. The molecule has 1 saturated heterocycles. The minimum atomic E-state index is -0.913. The first-order chi connectivity index (χ1) is 12.1. The summed E-state index contributed by atoms with van der Waals surface area (Å²) in [7, 11) is 0. The minimum Gasteiger partial charge on any atom is -0.371 e. The average molecular weight is 343 g/mol. The number of halogens is 2. The highest BCUT2D eigenvalue weighted by atomic mass is 19.2. The molecule has 0 amide bonds. The number of aromatic nitrogens is 2. The predicted molar refractivity (Wildman–Crippen MR) is 89.4 cm³/mol. The van der Waals surface area contributed by atoms with E-state index in [9.17, 15) is 13.6 Å². The van der Waals surface area contributed by atoms with Gasteiger partial charge >= 0.3 is 0 Å². The molecule has 2 N–H and O–H groups in total. The van der Waals surface area contributed by atoms with E-state index < -0.39 is 17.7 Å². The molecule has 25 heavy (non-hydrogen) atoms. The van der Waals surface area contributed by atoms with Crippen molar-refractivity contribution in [1.29, 1.82) is 0 Å². The second-order valence-electron chi connectivity index (χ2n) is 5.94. The normalized spacial score (nSPS) is 20.1. The summed E-state index contributed by atoms with van der Waals surface area (Å²) >= 11 is 0. The zero-order valence-corrected chi connectivity index (χ0v) is 13.1. The minimum absolute atomic E-state index is 0.214. The Kier molecular flexibility index (Phi) is 3.93. The van der Waals surface area contributed by atoms with Gasteiger partial charge in [-0.05, 0) is 36.2 Å². The van der Waals surface area contributed by atoms with Gasteiger partial charge < -0.3 is 10.1 Å². The third kappa shape index (κ3) is 2.98. The van der Waals surface area contributed by atoms with E-state index in [4.69, 9.17) is 4.74 Å². The number of rotatable bonds is 3. The van der Waals surface area contributed by atoms with Crippen molar-refractivity contribution in [3.63, 3.8) is 0 Å². The summed E-state index contributed by atoms with van der Waals surface area (Å²) in [6.07, 6.45) is 0.201. The van der Waals surface area contributed by atoms with E-state index in [-0.39, 0.29) is 11.6 Å². The third-order valence-electron chi connectivity index (χ3n) is 4.30. The topological polar surface area (TPSA) is 67.0 Å². The third-order valence-corrected chi connectivity index (χ3v) is 4.30. The predicted octanol–water partition coefficient (Wildman–Crippen LogP) is 3.14. The van der Waals surface area contributed by atoms with Gasteiger partial charge in [0.05, 0.1) is 16.9 Å². The molecule has 0 spiro atoms. The summed E-state index contributed by atoms with van der Waals surface area (Å²) in [5, 5.41) is 3.66. The number of benzene rings is 2. The van der Waals surface area contributed by atoms with Crippen LogP contribution in [-0.2, 0) is 4.74 Å². The van der Waals surface area contributed by atoms with Crippen LogP contribution >= 0.6 is 0 Å². The summed E-state index contributed by atoms with van der Waals surface area (Å²) in [6.45, 7) is 0.471. The number of nitrogens with zero attached hydrogens (tertiary/aromatic N) is 1. The monoisotopic (exact) mass is 343 g/mol. The highest BCUT2D eigenvalue weighted by Gasteiger charge is 2.30. The Labute approximate surface area is 141 Å². The van der Waals surface area contributed by atoms with Crippen molar-refractivity contribution in [2.24, 2.45) is 0 Å². The number of nitrogens with one attached hydrogen (secondary N) is 2. The van der Waals surface area contributed by atoms with Gasteiger partial charge in [0.25, 0.3) is 5.56 Å². The Morgan fingerprint density at radius 3 is 2.84 bits per heavy atom. The van der Waals surface area contributed by atoms with Gasteiger partial charge in [-0.3, -0.25) is 9.78 Å². The second kappa shape index (κ2) is 6.25. The maximum absolute atomic E-state index is 13.5. The van der Waals surface area contributed by atoms with Crippen molar-refractivity contribution >= 4 is 16.9 Å². The Hall–Kier alpha value is -2.80. The highest BCUT2D eigenvalue weighted by molar-refractivity contribution is 5.78. The maximum Gasteiger partial charge on any atom is 0.260 e. The van der Waals surface area contributed by atoms with Gasteiger partial charge in [0.15, 0.2) is 11.6 Å². The zero-order chi connectivity index (χ0) is 17.4. The number of aromatic amines is 1. The van der Waals surface area contributed by atoms with Gasteiger partial charge in [0.2, 0.25) is 5.95 Å². The number of fused-ring (bicyclic) bond motifs is 1. The Morgan fingerprint density at radius 1 is 1.16 bits per heavy atom. The van der Waals surface area contributed by atoms with E-state index in [2.05, 4.69) is 15.3 Å². The lowest BCUT2D eigenvalue weighted by Gasteiger charge is -2.20. The molecule has 4 rings (SSSR count). The largest absolute Gasteiger partial charge is 0.371 e. The first-order valence-corrected chi connectivity index (χ1v) is 7.94. The van der Waals surface area contributed by atoms with Crippen molar-refractivity contribution in [3.8, 4) is 0 Å². The molecule has 0 radical (unpaired) electrons. The lowest BCUT2D eigenvalue weighted by molar-refractivity contribution is 0.107. The van der Waals surface area contributed by atoms with E-state index >= 15 is 0 Å². The van der Waals surface area contributed by atoms with Gasteiger partial charge in [0, 0.05) is 6.61 Å². The standard InChI is InChI=1S/C18H15F2N3O2/c19-12-6-5-10(9-13(12)20)16-15(7-8-25-16)22-18-21-14-4-2-1-3-11(14)17(24)23-18/h1-6,9,15-16H,7-8H2,(H2,21,22,23,24). The number of para-hydroxylation sites is 1. The van der Waals surface area contributed by atoms with Gasteiger partial charge in [-0.25, -0.2) is 13.8 Å². The fraction of sp³-hybridized carbons (Fsp3) is 0.222.